The number of aryl methyl sites for hydroxylation is 1. The molecular formula is C22H30N2O4S. The average molecular weight is 419 g/mol. The largest absolute Gasteiger partial charge is 0.444 e. The zero-order valence-electron chi connectivity index (χ0n) is 18.0. The van der Waals surface area contributed by atoms with Crippen molar-refractivity contribution in [1.29, 1.82) is 0 Å². The van der Waals surface area contributed by atoms with Gasteiger partial charge in [-0.2, -0.15) is 0 Å². The van der Waals surface area contributed by atoms with Crippen LogP contribution >= 0.6 is 11.3 Å². The van der Waals surface area contributed by atoms with Gasteiger partial charge in [-0.15, -0.1) is 11.3 Å². The van der Waals surface area contributed by atoms with Gasteiger partial charge in [0, 0.05) is 11.6 Å². The lowest BCUT2D eigenvalue weighted by molar-refractivity contribution is -0.0744. The maximum atomic E-state index is 13.0. The zero-order valence-corrected chi connectivity index (χ0v) is 18.8. The molecule has 1 aliphatic heterocycles. The molecule has 2 atom stereocenters. The van der Waals surface area contributed by atoms with E-state index in [4.69, 9.17) is 14.2 Å². The molecule has 6 nitrogen and oxygen atoms in total. The van der Waals surface area contributed by atoms with Crippen molar-refractivity contribution in [3.05, 3.63) is 52.0 Å². The molecule has 0 spiro atoms. The number of thiazole rings is 1. The first-order chi connectivity index (χ1) is 13.6. The van der Waals surface area contributed by atoms with Gasteiger partial charge in [0.2, 0.25) is 0 Å². The van der Waals surface area contributed by atoms with E-state index in [1.165, 1.54) is 16.9 Å². The number of carbonyl (C=O) groups excluding carboxylic acids is 1. The van der Waals surface area contributed by atoms with Crippen LogP contribution in [0.25, 0.3) is 0 Å². The quantitative estimate of drug-likeness (QED) is 0.677. The molecule has 1 unspecified atom stereocenters. The van der Waals surface area contributed by atoms with Crippen LogP contribution in [0.1, 0.15) is 56.9 Å². The topological polar surface area (TPSA) is 60.9 Å². The monoisotopic (exact) mass is 418 g/mol. The Kier molecular flexibility index (Phi) is 6.31. The SMILES string of the molecule is Cc1ccc(CO[C@H](c2nccs2)C2COC(C)(C)N2C(=O)OC(C)(C)C)cc1. The second kappa shape index (κ2) is 8.42. The second-order valence-electron chi connectivity index (χ2n) is 8.76. The fourth-order valence-corrected chi connectivity index (χ4v) is 4.06. The Morgan fingerprint density at radius 2 is 2.03 bits per heavy atom. The first-order valence-corrected chi connectivity index (χ1v) is 10.7. The van der Waals surface area contributed by atoms with Crippen LogP contribution in [-0.2, 0) is 20.8 Å². The highest BCUT2D eigenvalue weighted by Gasteiger charge is 2.50. The number of benzene rings is 1. The molecule has 3 rings (SSSR count). The Morgan fingerprint density at radius 1 is 1.34 bits per heavy atom. The summed E-state index contributed by atoms with van der Waals surface area (Å²) in [7, 11) is 0. The Hall–Kier alpha value is -1.96. The van der Waals surface area contributed by atoms with Gasteiger partial charge in [0.1, 0.15) is 22.4 Å². The summed E-state index contributed by atoms with van der Waals surface area (Å²) in [4.78, 5) is 19.1. The fraction of sp³-hybridized carbons (Fsp3) is 0.545. The number of amides is 1. The van der Waals surface area contributed by atoms with Gasteiger partial charge in [-0.1, -0.05) is 29.8 Å². The average Bonchev–Trinajstić information content (AvgIpc) is 3.23. The molecule has 2 heterocycles. The van der Waals surface area contributed by atoms with E-state index in [0.717, 1.165) is 10.6 Å². The standard InChI is InChI=1S/C22H30N2O4S/c1-15-7-9-16(10-8-15)13-26-18(19-23-11-12-29-19)17-14-27-22(5,6)24(17)20(25)28-21(2,3)4/h7-12,17-18H,13-14H2,1-6H3/t17?,18-/m0/s1. The van der Waals surface area contributed by atoms with Gasteiger partial charge in [-0.05, 0) is 47.1 Å². The van der Waals surface area contributed by atoms with E-state index in [2.05, 4.69) is 36.2 Å². The van der Waals surface area contributed by atoms with Gasteiger partial charge in [0.15, 0.2) is 0 Å². The van der Waals surface area contributed by atoms with Crippen LogP contribution in [0.2, 0.25) is 0 Å². The number of ether oxygens (including phenoxy) is 3. The molecule has 0 bridgehead atoms. The summed E-state index contributed by atoms with van der Waals surface area (Å²) in [6.07, 6.45) is 0.928. The number of nitrogens with zero attached hydrogens (tertiary/aromatic N) is 2. The molecule has 7 heteroatoms. The summed E-state index contributed by atoms with van der Waals surface area (Å²) < 4.78 is 18.0. The Labute approximate surface area is 176 Å². The molecule has 1 aliphatic rings. The molecule has 0 radical (unpaired) electrons. The number of carbonyl (C=O) groups is 1. The van der Waals surface area contributed by atoms with Gasteiger partial charge in [-0.3, -0.25) is 4.90 Å². The summed E-state index contributed by atoms with van der Waals surface area (Å²) in [5.41, 5.74) is 0.876. The van der Waals surface area contributed by atoms with Crippen molar-refractivity contribution in [3.8, 4) is 0 Å². The van der Waals surface area contributed by atoms with E-state index in [1.54, 1.807) is 11.1 Å². The predicted molar refractivity (Wildman–Crippen MR) is 113 cm³/mol. The van der Waals surface area contributed by atoms with Crippen LogP contribution in [0.15, 0.2) is 35.8 Å². The minimum atomic E-state index is -0.796. The third-order valence-electron chi connectivity index (χ3n) is 4.70. The number of aromatic nitrogens is 1. The third kappa shape index (κ3) is 5.35. The molecule has 0 saturated carbocycles. The van der Waals surface area contributed by atoms with Crippen molar-refractivity contribution in [3.63, 3.8) is 0 Å². The molecule has 1 aromatic carbocycles. The van der Waals surface area contributed by atoms with E-state index >= 15 is 0 Å². The van der Waals surface area contributed by atoms with Crippen molar-refractivity contribution in [2.45, 2.75) is 71.6 Å². The lowest BCUT2D eigenvalue weighted by atomic mass is 10.1. The molecule has 29 heavy (non-hydrogen) atoms. The van der Waals surface area contributed by atoms with E-state index in [1.807, 2.05) is 40.0 Å². The Morgan fingerprint density at radius 3 is 2.62 bits per heavy atom. The van der Waals surface area contributed by atoms with Gasteiger partial charge < -0.3 is 14.2 Å². The summed E-state index contributed by atoms with van der Waals surface area (Å²) in [5.74, 6) is 0. The van der Waals surface area contributed by atoms with Crippen LogP contribution in [0.3, 0.4) is 0 Å². The highest BCUT2D eigenvalue weighted by Crippen LogP contribution is 2.38. The highest BCUT2D eigenvalue weighted by molar-refractivity contribution is 7.09. The van der Waals surface area contributed by atoms with Crippen LogP contribution in [0, 0.1) is 6.92 Å². The van der Waals surface area contributed by atoms with Crippen LogP contribution < -0.4 is 0 Å². The molecule has 2 aromatic rings. The smallest absolute Gasteiger partial charge is 0.413 e. The summed E-state index contributed by atoms with van der Waals surface area (Å²) in [6, 6.07) is 7.89. The van der Waals surface area contributed by atoms with Crippen molar-refractivity contribution in [1.82, 2.24) is 9.88 Å². The maximum absolute atomic E-state index is 13.0. The van der Waals surface area contributed by atoms with Crippen molar-refractivity contribution in [2.75, 3.05) is 6.61 Å². The Balaban J connectivity index is 1.85. The number of rotatable bonds is 5. The molecule has 0 aliphatic carbocycles. The fourth-order valence-electron chi connectivity index (χ4n) is 3.31. The van der Waals surface area contributed by atoms with Crippen molar-refractivity contribution < 1.29 is 19.0 Å². The molecule has 158 valence electrons. The lowest BCUT2D eigenvalue weighted by Gasteiger charge is -2.37. The molecule has 1 amide bonds. The van der Waals surface area contributed by atoms with Crippen LogP contribution in [-0.4, -0.2) is 40.0 Å². The van der Waals surface area contributed by atoms with Crippen LogP contribution in [0.5, 0.6) is 0 Å². The molecule has 1 fully saturated rings. The maximum Gasteiger partial charge on any atom is 0.413 e. The zero-order chi connectivity index (χ0) is 21.2. The van der Waals surface area contributed by atoms with Crippen molar-refractivity contribution in [2.24, 2.45) is 0 Å². The minimum Gasteiger partial charge on any atom is -0.444 e. The van der Waals surface area contributed by atoms with Gasteiger partial charge in [-0.25, -0.2) is 9.78 Å². The summed E-state index contributed by atoms with van der Waals surface area (Å²) >= 11 is 1.51. The molecule has 1 aromatic heterocycles. The number of hydrogen-bond acceptors (Lipinski definition) is 6. The summed E-state index contributed by atoms with van der Waals surface area (Å²) in [5, 5.41) is 2.73. The van der Waals surface area contributed by atoms with E-state index in [9.17, 15) is 4.79 Å². The second-order valence-corrected chi connectivity index (χ2v) is 9.69. The number of hydrogen-bond donors (Lipinski definition) is 0. The van der Waals surface area contributed by atoms with Crippen molar-refractivity contribution >= 4 is 17.4 Å². The van der Waals surface area contributed by atoms with E-state index in [0.29, 0.717) is 13.2 Å². The molecule has 0 N–H and O–H groups in total. The van der Waals surface area contributed by atoms with E-state index in [-0.39, 0.29) is 6.04 Å². The van der Waals surface area contributed by atoms with Gasteiger partial charge in [0.05, 0.1) is 19.3 Å². The first-order valence-electron chi connectivity index (χ1n) is 9.80. The third-order valence-corrected chi connectivity index (χ3v) is 5.54. The molecule has 1 saturated heterocycles. The van der Waals surface area contributed by atoms with Crippen LogP contribution in [0.4, 0.5) is 4.79 Å². The van der Waals surface area contributed by atoms with Gasteiger partial charge >= 0.3 is 6.09 Å². The van der Waals surface area contributed by atoms with E-state index < -0.39 is 23.5 Å². The summed E-state index contributed by atoms with van der Waals surface area (Å²) in [6.45, 7) is 12.1. The highest BCUT2D eigenvalue weighted by atomic mass is 32.1. The minimum absolute atomic E-state index is 0.337. The first kappa shape index (κ1) is 21.7. The predicted octanol–water partition coefficient (Wildman–Crippen LogP) is 5.08. The van der Waals surface area contributed by atoms with Gasteiger partial charge in [0.25, 0.3) is 0 Å². The lowest BCUT2D eigenvalue weighted by Crippen LogP contribution is -2.51. The molecular weight excluding hydrogens is 388 g/mol. The normalized spacial score (nSPS) is 19.9. The Bertz CT molecular complexity index is 812.